The zero-order valence-corrected chi connectivity index (χ0v) is 11.2. The maximum Gasteiger partial charge on any atom is 0.296 e. The second kappa shape index (κ2) is 4.55. The summed E-state index contributed by atoms with van der Waals surface area (Å²) < 4.78 is 29.3. The molecule has 96 valence electrons. The van der Waals surface area contributed by atoms with Gasteiger partial charge in [0.1, 0.15) is 5.82 Å². The molecule has 0 aromatic carbocycles. The average molecular weight is 280 g/mol. The van der Waals surface area contributed by atoms with Crippen LogP contribution in [0.4, 0.5) is 0 Å². The number of aromatic nitrogens is 3. The number of nitrogens with zero attached hydrogens (tertiary/aromatic N) is 3. The summed E-state index contributed by atoms with van der Waals surface area (Å²) in [5, 5.41) is 7.43. The Hall–Kier alpha value is -0.660. The third kappa shape index (κ3) is 2.31. The van der Waals surface area contributed by atoms with Gasteiger partial charge in [-0.15, -0.1) is 10.2 Å². The normalized spacial score (nSPS) is 24.6. The van der Waals surface area contributed by atoms with E-state index >= 15 is 0 Å². The van der Waals surface area contributed by atoms with Gasteiger partial charge in [0.05, 0.1) is 6.10 Å². The highest BCUT2D eigenvalue weighted by Gasteiger charge is 2.35. The first kappa shape index (κ1) is 12.8. The first-order valence-corrected chi connectivity index (χ1v) is 7.68. The van der Waals surface area contributed by atoms with E-state index in [2.05, 4.69) is 10.2 Å². The van der Waals surface area contributed by atoms with E-state index in [1.807, 2.05) is 6.92 Å². The summed E-state index contributed by atoms with van der Waals surface area (Å²) in [6.45, 7) is 2.32. The largest absolute Gasteiger partial charge is 0.381 e. The number of rotatable bonds is 4. The Bertz CT molecular complexity index is 508. The fraction of sp³-hybridized carbons (Fsp3) is 0.778. The van der Waals surface area contributed by atoms with Crippen LogP contribution in [0.25, 0.3) is 0 Å². The summed E-state index contributed by atoms with van der Waals surface area (Å²) in [5.74, 6) is 0.889. The molecule has 17 heavy (non-hydrogen) atoms. The average Bonchev–Trinajstić information content (AvgIpc) is 2.59. The van der Waals surface area contributed by atoms with Gasteiger partial charge in [-0.3, -0.25) is 0 Å². The first-order chi connectivity index (χ1) is 7.97. The molecule has 0 radical (unpaired) electrons. The van der Waals surface area contributed by atoms with Crippen LogP contribution in [0.1, 0.15) is 31.5 Å². The zero-order chi connectivity index (χ0) is 12.6. The minimum atomic E-state index is -3.83. The number of methoxy groups -OCH3 is 1. The summed E-state index contributed by atoms with van der Waals surface area (Å²) in [7, 11) is 3.14. The highest BCUT2D eigenvalue weighted by molar-refractivity contribution is 8.13. The lowest BCUT2D eigenvalue weighted by atomic mass is 9.81. The van der Waals surface area contributed by atoms with E-state index in [9.17, 15) is 8.42 Å². The lowest BCUT2D eigenvalue weighted by Gasteiger charge is -2.33. The van der Waals surface area contributed by atoms with Gasteiger partial charge in [-0.1, -0.05) is 0 Å². The number of halogens is 1. The molecule has 1 aliphatic carbocycles. The van der Waals surface area contributed by atoms with Gasteiger partial charge < -0.3 is 9.30 Å². The smallest absolute Gasteiger partial charge is 0.296 e. The lowest BCUT2D eigenvalue weighted by Crippen LogP contribution is -2.30. The second-order valence-electron chi connectivity index (χ2n) is 4.05. The fourth-order valence-electron chi connectivity index (χ4n) is 2.05. The van der Waals surface area contributed by atoms with E-state index in [0.29, 0.717) is 12.4 Å². The van der Waals surface area contributed by atoms with Crippen molar-refractivity contribution in [2.24, 2.45) is 0 Å². The van der Waals surface area contributed by atoms with Gasteiger partial charge in [0.15, 0.2) is 0 Å². The minimum Gasteiger partial charge on any atom is -0.381 e. The Kier molecular flexibility index (Phi) is 3.42. The van der Waals surface area contributed by atoms with Crippen LogP contribution in [0.15, 0.2) is 5.16 Å². The molecule has 0 bridgehead atoms. The van der Waals surface area contributed by atoms with Crippen molar-refractivity contribution in [2.45, 2.75) is 43.5 Å². The predicted molar refractivity (Wildman–Crippen MR) is 61.5 cm³/mol. The van der Waals surface area contributed by atoms with Crippen molar-refractivity contribution in [1.29, 1.82) is 0 Å². The van der Waals surface area contributed by atoms with Crippen molar-refractivity contribution in [3.05, 3.63) is 5.82 Å². The maximum absolute atomic E-state index is 11.3. The van der Waals surface area contributed by atoms with Crippen LogP contribution >= 0.6 is 10.7 Å². The van der Waals surface area contributed by atoms with Crippen molar-refractivity contribution < 1.29 is 13.2 Å². The molecular formula is C9H14ClN3O3S. The molecule has 2 rings (SSSR count). The fourth-order valence-corrected chi connectivity index (χ4v) is 3.02. The van der Waals surface area contributed by atoms with Crippen LogP contribution < -0.4 is 0 Å². The van der Waals surface area contributed by atoms with E-state index in [1.165, 1.54) is 0 Å². The summed E-state index contributed by atoms with van der Waals surface area (Å²) >= 11 is 0. The van der Waals surface area contributed by atoms with Gasteiger partial charge in [0, 0.05) is 30.3 Å². The molecule has 1 saturated carbocycles. The van der Waals surface area contributed by atoms with Gasteiger partial charge >= 0.3 is 0 Å². The van der Waals surface area contributed by atoms with Crippen molar-refractivity contribution >= 4 is 19.7 Å². The third-order valence-electron chi connectivity index (χ3n) is 3.07. The Morgan fingerprint density at radius 1 is 1.47 bits per heavy atom. The van der Waals surface area contributed by atoms with Gasteiger partial charge in [-0.05, 0) is 19.8 Å². The molecule has 0 saturated heterocycles. The van der Waals surface area contributed by atoms with Crippen LogP contribution in [0.2, 0.25) is 0 Å². The summed E-state index contributed by atoms with van der Waals surface area (Å²) in [5.41, 5.74) is 0. The number of hydrogen-bond donors (Lipinski definition) is 0. The molecule has 1 aromatic heterocycles. The zero-order valence-electron chi connectivity index (χ0n) is 9.63. The van der Waals surface area contributed by atoms with Crippen molar-refractivity contribution in [3.8, 4) is 0 Å². The highest BCUT2D eigenvalue weighted by atomic mass is 35.7. The Labute approximate surface area is 104 Å². The molecule has 1 heterocycles. The maximum atomic E-state index is 11.3. The van der Waals surface area contributed by atoms with Crippen LogP contribution in [0.3, 0.4) is 0 Å². The van der Waals surface area contributed by atoms with Crippen molar-refractivity contribution in [1.82, 2.24) is 14.8 Å². The van der Waals surface area contributed by atoms with E-state index in [0.717, 1.165) is 12.8 Å². The van der Waals surface area contributed by atoms with Crippen LogP contribution in [-0.2, 0) is 20.3 Å². The predicted octanol–water partition coefficient (Wildman–Crippen LogP) is 1.12. The minimum absolute atomic E-state index is 0.169. The Morgan fingerprint density at radius 3 is 2.59 bits per heavy atom. The molecular weight excluding hydrogens is 266 g/mol. The van der Waals surface area contributed by atoms with Gasteiger partial charge in [0.25, 0.3) is 14.2 Å². The lowest BCUT2D eigenvalue weighted by molar-refractivity contribution is 0.0226. The Balaban J connectivity index is 2.28. The molecule has 1 aliphatic rings. The van der Waals surface area contributed by atoms with E-state index in [-0.39, 0.29) is 17.2 Å². The van der Waals surface area contributed by atoms with E-state index in [4.69, 9.17) is 15.4 Å². The Morgan fingerprint density at radius 2 is 2.12 bits per heavy atom. The number of ether oxygens (including phenoxy) is 1. The van der Waals surface area contributed by atoms with E-state index < -0.39 is 9.05 Å². The summed E-state index contributed by atoms with van der Waals surface area (Å²) in [4.78, 5) is 0. The SMILES string of the molecule is CCn1c(C2CC(OC)C2)nnc1S(=O)(=O)Cl. The molecule has 0 unspecified atom stereocenters. The molecule has 1 aromatic rings. The quantitative estimate of drug-likeness (QED) is 0.772. The molecule has 1 fully saturated rings. The summed E-state index contributed by atoms with van der Waals surface area (Å²) in [6.07, 6.45) is 1.92. The second-order valence-corrected chi connectivity index (χ2v) is 6.51. The van der Waals surface area contributed by atoms with Crippen LogP contribution in [0, 0.1) is 0 Å². The van der Waals surface area contributed by atoms with Gasteiger partial charge in [-0.25, -0.2) is 8.42 Å². The topological polar surface area (TPSA) is 74.1 Å². The van der Waals surface area contributed by atoms with Gasteiger partial charge in [0.2, 0.25) is 0 Å². The van der Waals surface area contributed by atoms with Crippen LogP contribution in [0.5, 0.6) is 0 Å². The standard InChI is InChI=1S/C9H14ClN3O3S/c1-3-13-8(6-4-7(5-6)16-2)11-12-9(13)17(10,14)15/h6-7H,3-5H2,1-2H3. The monoisotopic (exact) mass is 279 g/mol. The van der Waals surface area contributed by atoms with Gasteiger partial charge in [-0.2, -0.15) is 0 Å². The highest BCUT2D eigenvalue weighted by Crippen LogP contribution is 2.38. The van der Waals surface area contributed by atoms with Crippen molar-refractivity contribution in [3.63, 3.8) is 0 Å². The molecule has 0 spiro atoms. The summed E-state index contributed by atoms with van der Waals surface area (Å²) in [6, 6.07) is 0. The van der Waals surface area contributed by atoms with E-state index in [1.54, 1.807) is 11.7 Å². The molecule has 0 N–H and O–H groups in total. The first-order valence-electron chi connectivity index (χ1n) is 5.38. The molecule has 8 heteroatoms. The molecule has 6 nitrogen and oxygen atoms in total. The third-order valence-corrected chi connectivity index (χ3v) is 4.23. The molecule has 0 amide bonds. The van der Waals surface area contributed by atoms with Crippen molar-refractivity contribution in [2.75, 3.05) is 7.11 Å². The number of hydrogen-bond acceptors (Lipinski definition) is 5. The molecule has 0 aliphatic heterocycles. The van der Waals surface area contributed by atoms with Crippen LogP contribution in [-0.4, -0.2) is 36.4 Å². The molecule has 0 atom stereocenters.